The fourth-order valence-corrected chi connectivity index (χ4v) is 1.36. The number of hydrogen-bond acceptors (Lipinski definition) is 5. The summed E-state index contributed by atoms with van der Waals surface area (Å²) in [6, 6.07) is 0. The van der Waals surface area contributed by atoms with E-state index in [-0.39, 0.29) is 11.7 Å². The van der Waals surface area contributed by atoms with Crippen molar-refractivity contribution in [3.8, 4) is 0 Å². The Bertz CT molecular complexity index is 338. The third kappa shape index (κ3) is 3.54. The summed E-state index contributed by atoms with van der Waals surface area (Å²) in [4.78, 5) is 10.3. The molecule has 1 unspecified atom stereocenters. The van der Waals surface area contributed by atoms with Crippen LogP contribution in [0.2, 0.25) is 0 Å². The zero-order valence-corrected chi connectivity index (χ0v) is 9.74. The number of nitrogens with zero attached hydrogens (tertiary/aromatic N) is 2. The molecule has 0 radical (unpaired) electrons. The van der Waals surface area contributed by atoms with Crippen LogP contribution in [0.1, 0.15) is 32.6 Å². The molecule has 1 rings (SSSR count). The maximum absolute atomic E-state index is 10.3. The van der Waals surface area contributed by atoms with Gasteiger partial charge >= 0.3 is 5.97 Å². The summed E-state index contributed by atoms with van der Waals surface area (Å²) in [5.74, 6) is 0.228. The van der Waals surface area contributed by atoms with Crippen molar-refractivity contribution in [2.45, 2.75) is 31.9 Å². The standard InChI is InChI=1S/C9H14N2O3S/c1-5(2)6(3)8-10-11-9(14-8)15-4-7(12)13/h5-6H,4H2,1-3H3,(H,12,13). The van der Waals surface area contributed by atoms with Gasteiger partial charge in [0, 0.05) is 5.92 Å². The first kappa shape index (κ1) is 12.0. The number of carbonyl (C=O) groups is 1. The Labute approximate surface area is 92.3 Å². The molecule has 0 spiro atoms. The van der Waals surface area contributed by atoms with Crippen LogP contribution in [0.4, 0.5) is 0 Å². The molecular formula is C9H14N2O3S. The minimum atomic E-state index is -0.892. The van der Waals surface area contributed by atoms with Crippen molar-refractivity contribution in [3.63, 3.8) is 0 Å². The third-order valence-electron chi connectivity index (χ3n) is 2.13. The van der Waals surface area contributed by atoms with Gasteiger partial charge < -0.3 is 9.52 Å². The molecule has 0 aliphatic heterocycles. The number of carboxylic acids is 1. The van der Waals surface area contributed by atoms with E-state index >= 15 is 0 Å². The highest BCUT2D eigenvalue weighted by molar-refractivity contribution is 7.99. The van der Waals surface area contributed by atoms with Crippen LogP contribution in [0.3, 0.4) is 0 Å². The van der Waals surface area contributed by atoms with E-state index in [4.69, 9.17) is 9.52 Å². The lowest BCUT2D eigenvalue weighted by Crippen LogP contribution is -2.01. The average Bonchev–Trinajstić information content (AvgIpc) is 2.61. The average molecular weight is 230 g/mol. The molecule has 6 heteroatoms. The fourth-order valence-electron chi connectivity index (χ4n) is 0.871. The quantitative estimate of drug-likeness (QED) is 0.780. The Morgan fingerprint density at radius 3 is 2.67 bits per heavy atom. The van der Waals surface area contributed by atoms with Gasteiger partial charge in [0.25, 0.3) is 5.22 Å². The molecule has 1 atom stereocenters. The van der Waals surface area contributed by atoms with Gasteiger partial charge in [-0.3, -0.25) is 4.79 Å². The van der Waals surface area contributed by atoms with Crippen molar-refractivity contribution < 1.29 is 14.3 Å². The smallest absolute Gasteiger partial charge is 0.314 e. The van der Waals surface area contributed by atoms with E-state index in [1.807, 2.05) is 6.92 Å². The molecule has 0 saturated heterocycles. The van der Waals surface area contributed by atoms with E-state index in [2.05, 4.69) is 24.0 Å². The molecule has 1 heterocycles. The Morgan fingerprint density at radius 2 is 2.13 bits per heavy atom. The van der Waals surface area contributed by atoms with E-state index in [1.165, 1.54) is 0 Å². The third-order valence-corrected chi connectivity index (χ3v) is 2.93. The van der Waals surface area contributed by atoms with Crippen LogP contribution in [0, 0.1) is 5.92 Å². The first-order valence-corrected chi connectivity index (χ1v) is 5.67. The highest BCUT2D eigenvalue weighted by Gasteiger charge is 2.17. The predicted octanol–water partition coefficient (Wildman–Crippen LogP) is 2.01. The Balaban J connectivity index is 2.60. The summed E-state index contributed by atoms with van der Waals surface area (Å²) < 4.78 is 5.33. The van der Waals surface area contributed by atoms with Crippen LogP contribution < -0.4 is 0 Å². The predicted molar refractivity (Wildman–Crippen MR) is 55.9 cm³/mol. The minimum Gasteiger partial charge on any atom is -0.481 e. The lowest BCUT2D eigenvalue weighted by molar-refractivity contribution is -0.133. The lowest BCUT2D eigenvalue weighted by atomic mass is 9.98. The molecule has 84 valence electrons. The lowest BCUT2D eigenvalue weighted by Gasteiger charge is -2.09. The second kappa shape index (κ2) is 5.16. The maximum atomic E-state index is 10.3. The SMILES string of the molecule is CC(C)C(C)c1nnc(SCC(=O)O)o1. The van der Waals surface area contributed by atoms with E-state index in [0.29, 0.717) is 17.0 Å². The molecule has 0 aromatic carbocycles. The van der Waals surface area contributed by atoms with E-state index < -0.39 is 5.97 Å². The zero-order chi connectivity index (χ0) is 11.4. The summed E-state index contributed by atoms with van der Waals surface area (Å²) in [5, 5.41) is 16.4. The van der Waals surface area contributed by atoms with Gasteiger partial charge in [-0.1, -0.05) is 32.5 Å². The van der Waals surface area contributed by atoms with Crippen molar-refractivity contribution in [3.05, 3.63) is 5.89 Å². The second-order valence-electron chi connectivity index (χ2n) is 3.62. The Kier molecular flexibility index (Phi) is 4.14. The first-order valence-electron chi connectivity index (χ1n) is 4.68. The molecule has 0 aliphatic rings. The fraction of sp³-hybridized carbons (Fsp3) is 0.667. The number of aliphatic carboxylic acids is 1. The van der Waals surface area contributed by atoms with E-state index in [1.54, 1.807) is 0 Å². The van der Waals surface area contributed by atoms with Gasteiger partial charge in [0.15, 0.2) is 0 Å². The van der Waals surface area contributed by atoms with E-state index in [9.17, 15) is 4.79 Å². The van der Waals surface area contributed by atoms with Gasteiger partial charge in [0.1, 0.15) is 5.75 Å². The zero-order valence-electron chi connectivity index (χ0n) is 8.93. The molecule has 1 N–H and O–H groups in total. The second-order valence-corrected chi connectivity index (χ2v) is 4.55. The molecule has 5 nitrogen and oxygen atoms in total. The number of rotatable bonds is 5. The van der Waals surface area contributed by atoms with Crippen LogP contribution in [-0.4, -0.2) is 27.0 Å². The normalized spacial score (nSPS) is 13.1. The van der Waals surface area contributed by atoms with Crippen molar-refractivity contribution in [1.29, 1.82) is 0 Å². The minimum absolute atomic E-state index is 0.0578. The van der Waals surface area contributed by atoms with Crippen LogP contribution in [0.15, 0.2) is 9.64 Å². The Hall–Kier alpha value is -1.04. The van der Waals surface area contributed by atoms with Crippen molar-refractivity contribution in [2.75, 3.05) is 5.75 Å². The highest BCUT2D eigenvalue weighted by Crippen LogP contribution is 2.25. The van der Waals surface area contributed by atoms with Crippen LogP contribution in [0.25, 0.3) is 0 Å². The highest BCUT2D eigenvalue weighted by atomic mass is 32.2. The van der Waals surface area contributed by atoms with Crippen LogP contribution in [0.5, 0.6) is 0 Å². The van der Waals surface area contributed by atoms with Gasteiger partial charge in [0.2, 0.25) is 5.89 Å². The molecular weight excluding hydrogens is 216 g/mol. The van der Waals surface area contributed by atoms with Crippen molar-refractivity contribution in [1.82, 2.24) is 10.2 Å². The van der Waals surface area contributed by atoms with E-state index in [0.717, 1.165) is 11.8 Å². The maximum Gasteiger partial charge on any atom is 0.314 e. The number of carboxylic acid groups (broad SMARTS) is 1. The molecule has 1 aromatic rings. The van der Waals surface area contributed by atoms with Gasteiger partial charge in [0.05, 0.1) is 0 Å². The van der Waals surface area contributed by atoms with Crippen LogP contribution >= 0.6 is 11.8 Å². The first-order chi connectivity index (χ1) is 7.00. The monoisotopic (exact) mass is 230 g/mol. The number of hydrogen-bond donors (Lipinski definition) is 1. The summed E-state index contributed by atoms with van der Waals surface area (Å²) in [6.45, 7) is 6.14. The van der Waals surface area contributed by atoms with Gasteiger partial charge in [-0.25, -0.2) is 0 Å². The molecule has 0 saturated carbocycles. The molecule has 0 amide bonds. The Morgan fingerprint density at radius 1 is 1.47 bits per heavy atom. The van der Waals surface area contributed by atoms with Crippen LogP contribution in [-0.2, 0) is 4.79 Å². The summed E-state index contributed by atoms with van der Waals surface area (Å²) in [7, 11) is 0. The molecule has 15 heavy (non-hydrogen) atoms. The van der Waals surface area contributed by atoms with Gasteiger partial charge in [-0.2, -0.15) is 0 Å². The van der Waals surface area contributed by atoms with Crippen molar-refractivity contribution >= 4 is 17.7 Å². The summed E-state index contributed by atoms with van der Waals surface area (Å²) >= 11 is 1.04. The number of aromatic nitrogens is 2. The molecule has 1 aromatic heterocycles. The van der Waals surface area contributed by atoms with Gasteiger partial charge in [-0.15, -0.1) is 10.2 Å². The largest absolute Gasteiger partial charge is 0.481 e. The topological polar surface area (TPSA) is 76.2 Å². The summed E-state index contributed by atoms with van der Waals surface area (Å²) in [6.07, 6.45) is 0. The number of thioether (sulfide) groups is 1. The van der Waals surface area contributed by atoms with Crippen molar-refractivity contribution in [2.24, 2.45) is 5.92 Å². The molecule has 0 aliphatic carbocycles. The summed E-state index contributed by atoms with van der Waals surface area (Å²) in [5.41, 5.74) is 0. The molecule has 0 bridgehead atoms. The van der Waals surface area contributed by atoms with Gasteiger partial charge in [-0.05, 0) is 5.92 Å². The molecule has 0 fully saturated rings.